The summed E-state index contributed by atoms with van der Waals surface area (Å²) >= 11 is 5.04. The molecule has 0 unspecified atom stereocenters. The fraction of sp³-hybridized carbons (Fsp3) is 0.562. The third-order valence-electron chi connectivity index (χ3n) is 3.74. The summed E-state index contributed by atoms with van der Waals surface area (Å²) in [5, 5.41) is 0. The van der Waals surface area contributed by atoms with Crippen LogP contribution in [-0.2, 0) is 6.54 Å². The van der Waals surface area contributed by atoms with E-state index in [1.165, 1.54) is 24.9 Å². The molecule has 0 spiro atoms. The molecule has 0 radical (unpaired) electrons. The Bertz CT molecular complexity index is 399. The van der Waals surface area contributed by atoms with Crippen LogP contribution in [0.15, 0.2) is 24.3 Å². The Morgan fingerprint density at radius 2 is 1.95 bits per heavy atom. The van der Waals surface area contributed by atoms with Crippen molar-refractivity contribution in [2.24, 2.45) is 11.7 Å². The molecule has 0 saturated carbocycles. The summed E-state index contributed by atoms with van der Waals surface area (Å²) in [6.07, 6.45) is 2.50. The molecule has 2 N–H and O–H groups in total. The maximum absolute atomic E-state index is 5.69. The van der Waals surface area contributed by atoms with Gasteiger partial charge in [-0.25, -0.2) is 0 Å². The van der Waals surface area contributed by atoms with E-state index in [2.05, 4.69) is 37.8 Å². The van der Waals surface area contributed by atoms with E-state index in [-0.39, 0.29) is 0 Å². The predicted molar refractivity (Wildman–Crippen MR) is 87.4 cm³/mol. The highest BCUT2D eigenvalue weighted by molar-refractivity contribution is 7.80. The Morgan fingerprint density at radius 1 is 1.26 bits per heavy atom. The van der Waals surface area contributed by atoms with Gasteiger partial charge in [-0.3, -0.25) is 4.90 Å². The molecule has 0 atom stereocenters. The monoisotopic (exact) mass is 278 g/mol. The molecule has 2 nitrogen and oxygen atoms in total. The second kappa shape index (κ2) is 8.28. The number of hydrogen-bond acceptors (Lipinski definition) is 2. The first-order chi connectivity index (χ1) is 9.10. The lowest BCUT2D eigenvalue weighted by Gasteiger charge is -2.25. The van der Waals surface area contributed by atoms with Gasteiger partial charge in [-0.1, -0.05) is 64.0 Å². The third-order valence-corrected chi connectivity index (χ3v) is 3.97. The van der Waals surface area contributed by atoms with Crippen molar-refractivity contribution in [2.45, 2.75) is 40.2 Å². The second-order valence-corrected chi connectivity index (χ2v) is 5.51. The minimum absolute atomic E-state index is 0.477. The smallest absolute Gasteiger partial charge is 0.103 e. The van der Waals surface area contributed by atoms with Gasteiger partial charge in [-0.2, -0.15) is 0 Å². The highest BCUT2D eigenvalue weighted by atomic mass is 32.1. The largest absolute Gasteiger partial charge is 0.389 e. The van der Waals surface area contributed by atoms with Crippen LogP contribution in [0.2, 0.25) is 0 Å². The first kappa shape index (κ1) is 16.1. The minimum Gasteiger partial charge on any atom is -0.389 e. The number of rotatable bonds is 8. The van der Waals surface area contributed by atoms with Gasteiger partial charge in [0.15, 0.2) is 0 Å². The Kier molecular flexibility index (Phi) is 7.03. The lowest BCUT2D eigenvalue weighted by atomic mass is 10.0. The highest BCUT2D eigenvalue weighted by Gasteiger charge is 2.10. The molecule has 0 amide bonds. The molecular formula is C16H26N2S. The first-order valence-electron chi connectivity index (χ1n) is 7.21. The summed E-state index contributed by atoms with van der Waals surface area (Å²) in [7, 11) is 0. The van der Waals surface area contributed by atoms with Crippen LogP contribution in [0.5, 0.6) is 0 Å². The highest BCUT2D eigenvalue weighted by Crippen LogP contribution is 2.13. The Labute approximate surface area is 123 Å². The van der Waals surface area contributed by atoms with Crippen LogP contribution >= 0.6 is 12.2 Å². The Morgan fingerprint density at radius 3 is 2.47 bits per heavy atom. The first-order valence-corrected chi connectivity index (χ1v) is 7.62. The fourth-order valence-corrected chi connectivity index (χ4v) is 2.43. The number of benzene rings is 1. The number of hydrogen-bond donors (Lipinski definition) is 1. The molecule has 0 heterocycles. The minimum atomic E-state index is 0.477. The zero-order chi connectivity index (χ0) is 14.3. The normalized spacial score (nSPS) is 11.2. The Hall–Kier alpha value is -0.930. The van der Waals surface area contributed by atoms with Gasteiger partial charge < -0.3 is 5.73 Å². The lowest BCUT2D eigenvalue weighted by molar-refractivity contribution is 0.226. The van der Waals surface area contributed by atoms with Crippen molar-refractivity contribution in [2.75, 3.05) is 13.1 Å². The fourth-order valence-electron chi connectivity index (χ4n) is 2.30. The van der Waals surface area contributed by atoms with Gasteiger partial charge in [0, 0.05) is 18.7 Å². The topological polar surface area (TPSA) is 29.3 Å². The molecule has 0 aliphatic rings. The van der Waals surface area contributed by atoms with Gasteiger partial charge in [0.1, 0.15) is 4.99 Å². The lowest BCUT2D eigenvalue weighted by Crippen LogP contribution is -2.28. The van der Waals surface area contributed by atoms with E-state index in [1.54, 1.807) is 0 Å². The van der Waals surface area contributed by atoms with Crippen LogP contribution in [0.25, 0.3) is 0 Å². The van der Waals surface area contributed by atoms with Crippen molar-refractivity contribution in [1.29, 1.82) is 0 Å². The summed E-state index contributed by atoms with van der Waals surface area (Å²) < 4.78 is 0. The molecule has 0 aliphatic carbocycles. The second-order valence-electron chi connectivity index (χ2n) is 5.07. The van der Waals surface area contributed by atoms with Crippen molar-refractivity contribution in [1.82, 2.24) is 4.90 Å². The molecule has 1 rings (SSSR count). The van der Waals surface area contributed by atoms with Crippen LogP contribution in [0.4, 0.5) is 0 Å². The van der Waals surface area contributed by atoms with Crippen LogP contribution in [0.1, 0.15) is 44.7 Å². The SMILES string of the molecule is CCC(CC)CN(CC)Cc1cccc(C(N)=S)c1. The van der Waals surface area contributed by atoms with Crippen LogP contribution in [0, 0.1) is 5.92 Å². The van der Waals surface area contributed by atoms with E-state index in [0.717, 1.165) is 24.6 Å². The molecule has 106 valence electrons. The maximum Gasteiger partial charge on any atom is 0.103 e. The quantitative estimate of drug-likeness (QED) is 0.737. The summed E-state index contributed by atoms with van der Waals surface area (Å²) in [4.78, 5) is 2.97. The van der Waals surface area contributed by atoms with E-state index < -0.39 is 0 Å². The summed E-state index contributed by atoms with van der Waals surface area (Å²) in [5.41, 5.74) is 7.94. The van der Waals surface area contributed by atoms with Gasteiger partial charge in [-0.15, -0.1) is 0 Å². The average Bonchev–Trinajstić information content (AvgIpc) is 2.43. The standard InChI is InChI=1S/C16H26N2S/c1-4-13(5-2)11-18(6-3)12-14-8-7-9-15(10-14)16(17)19/h7-10,13H,4-6,11-12H2,1-3H3,(H2,17,19). The molecule has 0 aromatic heterocycles. The summed E-state index contributed by atoms with van der Waals surface area (Å²) in [5.74, 6) is 0.790. The Balaban J connectivity index is 2.69. The van der Waals surface area contributed by atoms with E-state index in [4.69, 9.17) is 18.0 Å². The summed E-state index contributed by atoms with van der Waals surface area (Å²) in [6.45, 7) is 9.99. The molecule has 0 aliphatic heterocycles. The van der Waals surface area contributed by atoms with Gasteiger partial charge in [0.05, 0.1) is 0 Å². The number of nitrogens with zero attached hydrogens (tertiary/aromatic N) is 1. The van der Waals surface area contributed by atoms with E-state index in [0.29, 0.717) is 4.99 Å². The van der Waals surface area contributed by atoms with E-state index in [9.17, 15) is 0 Å². The molecule has 19 heavy (non-hydrogen) atoms. The van der Waals surface area contributed by atoms with Gasteiger partial charge in [0.25, 0.3) is 0 Å². The predicted octanol–water partition coefficient (Wildman–Crippen LogP) is 3.58. The molecule has 1 aromatic carbocycles. The molecule has 0 saturated heterocycles. The van der Waals surface area contributed by atoms with Crippen molar-refractivity contribution < 1.29 is 0 Å². The number of nitrogens with two attached hydrogens (primary N) is 1. The van der Waals surface area contributed by atoms with Gasteiger partial charge in [-0.05, 0) is 24.1 Å². The molecule has 3 heteroatoms. The van der Waals surface area contributed by atoms with Crippen LogP contribution in [0.3, 0.4) is 0 Å². The van der Waals surface area contributed by atoms with Crippen molar-refractivity contribution in [3.8, 4) is 0 Å². The van der Waals surface area contributed by atoms with E-state index in [1.807, 2.05) is 12.1 Å². The third kappa shape index (κ3) is 5.29. The van der Waals surface area contributed by atoms with E-state index >= 15 is 0 Å². The molecule has 1 aromatic rings. The zero-order valence-corrected chi connectivity index (χ0v) is 13.2. The van der Waals surface area contributed by atoms with Crippen molar-refractivity contribution in [3.05, 3.63) is 35.4 Å². The van der Waals surface area contributed by atoms with Crippen LogP contribution < -0.4 is 5.73 Å². The van der Waals surface area contributed by atoms with Crippen molar-refractivity contribution in [3.63, 3.8) is 0 Å². The molecular weight excluding hydrogens is 252 g/mol. The summed E-state index contributed by atoms with van der Waals surface area (Å²) in [6, 6.07) is 8.27. The van der Waals surface area contributed by atoms with Gasteiger partial charge >= 0.3 is 0 Å². The van der Waals surface area contributed by atoms with Crippen LogP contribution in [-0.4, -0.2) is 23.0 Å². The number of thiocarbonyl (C=S) groups is 1. The van der Waals surface area contributed by atoms with Gasteiger partial charge in [0.2, 0.25) is 0 Å². The maximum atomic E-state index is 5.69. The van der Waals surface area contributed by atoms with Crippen molar-refractivity contribution >= 4 is 17.2 Å². The average molecular weight is 278 g/mol. The molecule has 0 fully saturated rings. The molecule has 0 bridgehead atoms. The zero-order valence-electron chi connectivity index (χ0n) is 12.4.